The summed E-state index contributed by atoms with van der Waals surface area (Å²) in [6, 6.07) is 1.87. The largest absolute Gasteiger partial charge is 0.469 e. The Balaban J connectivity index is 1.70. The molecule has 0 spiro atoms. The van der Waals surface area contributed by atoms with Crippen molar-refractivity contribution in [3.8, 4) is 0 Å². The molecule has 110 valence electrons. The number of aromatic nitrogens is 1. The summed E-state index contributed by atoms with van der Waals surface area (Å²) >= 11 is 1.23. The molecule has 0 saturated carbocycles. The van der Waals surface area contributed by atoms with Gasteiger partial charge in [0, 0.05) is 24.3 Å². The van der Waals surface area contributed by atoms with E-state index < -0.39 is 0 Å². The van der Waals surface area contributed by atoms with Crippen LogP contribution in [0.4, 0.5) is 5.13 Å². The minimum absolute atomic E-state index is 0.0362. The Kier molecular flexibility index (Phi) is 3.74. The highest BCUT2D eigenvalue weighted by molar-refractivity contribution is 7.14. The SMILES string of the molecule is CC(=O)Nc1nc(C(=O)NC2CCCc3occc32)cs1. The van der Waals surface area contributed by atoms with Crippen molar-refractivity contribution in [2.24, 2.45) is 0 Å². The summed E-state index contributed by atoms with van der Waals surface area (Å²) in [5.74, 6) is 0.511. The Hall–Kier alpha value is -2.15. The van der Waals surface area contributed by atoms with Gasteiger partial charge in [-0.05, 0) is 18.9 Å². The second kappa shape index (κ2) is 5.69. The first-order chi connectivity index (χ1) is 10.1. The van der Waals surface area contributed by atoms with Crippen LogP contribution in [0.3, 0.4) is 0 Å². The smallest absolute Gasteiger partial charge is 0.271 e. The van der Waals surface area contributed by atoms with Gasteiger partial charge < -0.3 is 15.1 Å². The molecule has 2 aromatic rings. The van der Waals surface area contributed by atoms with E-state index in [2.05, 4.69) is 15.6 Å². The van der Waals surface area contributed by atoms with Gasteiger partial charge in [-0.15, -0.1) is 11.3 Å². The topological polar surface area (TPSA) is 84.2 Å². The van der Waals surface area contributed by atoms with Crippen molar-refractivity contribution in [2.75, 3.05) is 5.32 Å². The molecular weight excluding hydrogens is 290 g/mol. The number of furan rings is 1. The van der Waals surface area contributed by atoms with Crippen molar-refractivity contribution in [1.82, 2.24) is 10.3 Å². The van der Waals surface area contributed by atoms with Crippen molar-refractivity contribution < 1.29 is 14.0 Å². The molecule has 2 N–H and O–H groups in total. The van der Waals surface area contributed by atoms with Gasteiger partial charge in [-0.3, -0.25) is 9.59 Å². The molecule has 3 rings (SSSR count). The van der Waals surface area contributed by atoms with E-state index in [1.54, 1.807) is 11.6 Å². The summed E-state index contributed by atoms with van der Waals surface area (Å²) in [6.45, 7) is 1.41. The first-order valence-corrected chi connectivity index (χ1v) is 7.61. The first kappa shape index (κ1) is 13.8. The van der Waals surface area contributed by atoms with Crippen LogP contribution in [0, 0.1) is 0 Å². The van der Waals surface area contributed by atoms with Gasteiger partial charge in [0.15, 0.2) is 5.13 Å². The fourth-order valence-corrected chi connectivity index (χ4v) is 3.19. The monoisotopic (exact) mass is 305 g/mol. The standard InChI is InChI=1S/C14H15N3O3S/c1-8(18)15-14-17-11(7-21-14)13(19)16-10-3-2-4-12-9(10)5-6-20-12/h5-7,10H,2-4H2,1H3,(H,16,19)(H,15,17,18). The van der Waals surface area contributed by atoms with Crippen molar-refractivity contribution in [3.63, 3.8) is 0 Å². The second-order valence-corrected chi connectivity index (χ2v) is 5.79. The molecule has 0 aromatic carbocycles. The molecule has 7 heteroatoms. The quantitative estimate of drug-likeness (QED) is 0.912. The third kappa shape index (κ3) is 2.97. The second-order valence-electron chi connectivity index (χ2n) is 4.94. The Morgan fingerprint density at radius 1 is 1.48 bits per heavy atom. The summed E-state index contributed by atoms with van der Waals surface area (Å²) in [4.78, 5) is 27.3. The average Bonchev–Trinajstić information content (AvgIpc) is 3.07. The van der Waals surface area contributed by atoms with Crippen LogP contribution in [-0.4, -0.2) is 16.8 Å². The van der Waals surface area contributed by atoms with E-state index in [1.165, 1.54) is 18.3 Å². The molecule has 0 bridgehead atoms. The predicted molar refractivity (Wildman–Crippen MR) is 78.3 cm³/mol. The highest BCUT2D eigenvalue weighted by atomic mass is 32.1. The van der Waals surface area contributed by atoms with Crippen molar-refractivity contribution in [2.45, 2.75) is 32.2 Å². The fraction of sp³-hybridized carbons (Fsp3) is 0.357. The highest BCUT2D eigenvalue weighted by Gasteiger charge is 2.25. The van der Waals surface area contributed by atoms with E-state index in [-0.39, 0.29) is 17.9 Å². The Morgan fingerprint density at radius 3 is 3.14 bits per heavy atom. The number of nitrogens with one attached hydrogen (secondary N) is 2. The van der Waals surface area contributed by atoms with Crippen molar-refractivity contribution in [3.05, 3.63) is 34.7 Å². The van der Waals surface area contributed by atoms with Gasteiger partial charge in [-0.2, -0.15) is 0 Å². The third-order valence-electron chi connectivity index (χ3n) is 3.38. The zero-order valence-electron chi connectivity index (χ0n) is 11.5. The van der Waals surface area contributed by atoms with E-state index in [9.17, 15) is 9.59 Å². The molecule has 0 fully saturated rings. The number of anilines is 1. The minimum Gasteiger partial charge on any atom is -0.469 e. The summed E-state index contributed by atoms with van der Waals surface area (Å²) in [6.07, 6.45) is 4.45. The summed E-state index contributed by atoms with van der Waals surface area (Å²) in [5, 5.41) is 7.61. The molecule has 0 saturated heterocycles. The number of carbonyl (C=O) groups excluding carboxylic acids is 2. The van der Waals surface area contributed by atoms with Crippen LogP contribution in [0.5, 0.6) is 0 Å². The number of hydrogen-bond acceptors (Lipinski definition) is 5. The van der Waals surface area contributed by atoms with E-state index >= 15 is 0 Å². The lowest BCUT2D eigenvalue weighted by atomic mass is 9.93. The molecule has 1 unspecified atom stereocenters. The van der Waals surface area contributed by atoms with E-state index in [0.29, 0.717) is 10.8 Å². The first-order valence-electron chi connectivity index (χ1n) is 6.73. The van der Waals surface area contributed by atoms with Gasteiger partial charge in [0.1, 0.15) is 11.5 Å². The van der Waals surface area contributed by atoms with Gasteiger partial charge in [-0.1, -0.05) is 0 Å². The van der Waals surface area contributed by atoms with Crippen molar-refractivity contribution >= 4 is 28.3 Å². The number of carbonyl (C=O) groups is 2. The van der Waals surface area contributed by atoms with E-state index in [1.807, 2.05) is 6.07 Å². The van der Waals surface area contributed by atoms with Gasteiger partial charge in [0.25, 0.3) is 5.91 Å². The van der Waals surface area contributed by atoms with Gasteiger partial charge in [-0.25, -0.2) is 4.98 Å². The minimum atomic E-state index is -0.234. The van der Waals surface area contributed by atoms with Gasteiger partial charge >= 0.3 is 0 Å². The molecule has 1 aliphatic rings. The van der Waals surface area contributed by atoms with Crippen molar-refractivity contribution in [1.29, 1.82) is 0 Å². The van der Waals surface area contributed by atoms with E-state index in [4.69, 9.17) is 4.42 Å². The third-order valence-corrected chi connectivity index (χ3v) is 4.13. The molecule has 2 amide bonds. The molecule has 2 aromatic heterocycles. The number of hydrogen-bond donors (Lipinski definition) is 2. The number of nitrogens with zero attached hydrogens (tertiary/aromatic N) is 1. The number of fused-ring (bicyclic) bond motifs is 1. The van der Waals surface area contributed by atoms with Crippen LogP contribution in [-0.2, 0) is 11.2 Å². The zero-order chi connectivity index (χ0) is 14.8. The van der Waals surface area contributed by atoms with Crippen LogP contribution in [0.15, 0.2) is 22.1 Å². The Bertz CT molecular complexity index is 677. The van der Waals surface area contributed by atoms with Crippen LogP contribution in [0.25, 0.3) is 0 Å². The number of aryl methyl sites for hydroxylation is 1. The maximum Gasteiger partial charge on any atom is 0.271 e. The number of rotatable bonds is 3. The molecular formula is C14H15N3O3S. The van der Waals surface area contributed by atoms with E-state index in [0.717, 1.165) is 30.6 Å². The van der Waals surface area contributed by atoms with Gasteiger partial charge in [0.05, 0.1) is 12.3 Å². The van der Waals surface area contributed by atoms with Crippen LogP contribution >= 0.6 is 11.3 Å². The number of amides is 2. The molecule has 0 radical (unpaired) electrons. The van der Waals surface area contributed by atoms with Gasteiger partial charge in [0.2, 0.25) is 5.91 Å². The van der Waals surface area contributed by atoms with Crippen LogP contribution in [0.2, 0.25) is 0 Å². The normalized spacial score (nSPS) is 17.1. The lowest BCUT2D eigenvalue weighted by Gasteiger charge is -2.22. The fourth-order valence-electron chi connectivity index (χ4n) is 2.45. The molecule has 6 nitrogen and oxygen atoms in total. The summed E-state index contributed by atoms with van der Waals surface area (Å²) in [7, 11) is 0. The lowest BCUT2D eigenvalue weighted by molar-refractivity contribution is -0.114. The zero-order valence-corrected chi connectivity index (χ0v) is 12.3. The molecule has 2 heterocycles. The molecule has 0 aliphatic heterocycles. The summed E-state index contributed by atoms with van der Waals surface area (Å²) < 4.78 is 5.41. The molecule has 1 aliphatic carbocycles. The summed E-state index contributed by atoms with van der Waals surface area (Å²) in [5.41, 5.74) is 1.37. The maximum absolute atomic E-state index is 12.2. The Labute approximate surface area is 125 Å². The Morgan fingerprint density at radius 2 is 2.33 bits per heavy atom. The molecule has 21 heavy (non-hydrogen) atoms. The van der Waals surface area contributed by atoms with Crippen LogP contribution < -0.4 is 10.6 Å². The average molecular weight is 305 g/mol. The predicted octanol–water partition coefficient (Wildman–Crippen LogP) is 2.50. The number of thiazole rings is 1. The highest BCUT2D eigenvalue weighted by Crippen LogP contribution is 2.30. The lowest BCUT2D eigenvalue weighted by Crippen LogP contribution is -2.30. The maximum atomic E-state index is 12.2. The van der Waals surface area contributed by atoms with Crippen LogP contribution in [0.1, 0.15) is 47.6 Å². The molecule has 1 atom stereocenters.